The van der Waals surface area contributed by atoms with E-state index in [1.807, 2.05) is 0 Å². The number of carbonyl (C=O) groups is 3. The van der Waals surface area contributed by atoms with Crippen molar-refractivity contribution in [1.29, 1.82) is 0 Å². The molecular weight excluding hydrogens is 913 g/mol. The van der Waals surface area contributed by atoms with E-state index in [0.29, 0.717) is 19.3 Å². The zero-order chi connectivity index (χ0) is 53.6. The third-order valence-corrected chi connectivity index (χ3v) is 13.6. The highest BCUT2D eigenvalue weighted by atomic mass is 16.6. The smallest absolute Gasteiger partial charge is 0.306 e. The molecule has 1 unspecified atom stereocenters. The average molecular weight is 1030 g/mol. The topological polar surface area (TPSA) is 78.9 Å². The van der Waals surface area contributed by atoms with E-state index in [1.54, 1.807) is 0 Å². The molecule has 426 valence electrons. The number of esters is 3. The van der Waals surface area contributed by atoms with Crippen LogP contribution in [0.1, 0.15) is 310 Å². The zero-order valence-corrected chi connectivity index (χ0v) is 48.8. The van der Waals surface area contributed by atoms with Crippen molar-refractivity contribution in [3.05, 3.63) is 85.1 Å². The highest BCUT2D eigenvalue weighted by Crippen LogP contribution is 2.16. The molecule has 0 aromatic heterocycles. The lowest BCUT2D eigenvalue weighted by molar-refractivity contribution is -0.167. The minimum Gasteiger partial charge on any atom is -0.462 e. The summed E-state index contributed by atoms with van der Waals surface area (Å²) >= 11 is 0. The molecule has 0 aliphatic carbocycles. The van der Waals surface area contributed by atoms with Crippen molar-refractivity contribution in [2.45, 2.75) is 316 Å². The summed E-state index contributed by atoms with van der Waals surface area (Å²) in [5.74, 6) is -0.887. The Morgan fingerprint density at radius 2 is 0.527 bits per heavy atom. The van der Waals surface area contributed by atoms with Crippen molar-refractivity contribution < 1.29 is 28.6 Å². The van der Waals surface area contributed by atoms with Crippen LogP contribution in [-0.2, 0) is 28.6 Å². The molecule has 0 N–H and O–H groups in total. The molecule has 0 saturated carbocycles. The van der Waals surface area contributed by atoms with Crippen LogP contribution in [0.25, 0.3) is 0 Å². The van der Waals surface area contributed by atoms with Gasteiger partial charge in [-0.3, -0.25) is 14.4 Å². The van der Waals surface area contributed by atoms with Crippen LogP contribution in [0.2, 0.25) is 0 Å². The summed E-state index contributed by atoms with van der Waals surface area (Å²) < 4.78 is 16.9. The number of hydrogen-bond donors (Lipinski definition) is 0. The van der Waals surface area contributed by atoms with Crippen LogP contribution < -0.4 is 0 Å². The van der Waals surface area contributed by atoms with Gasteiger partial charge in [-0.05, 0) is 96.3 Å². The van der Waals surface area contributed by atoms with Gasteiger partial charge in [0.2, 0.25) is 0 Å². The molecule has 0 amide bonds. The van der Waals surface area contributed by atoms with E-state index >= 15 is 0 Å². The van der Waals surface area contributed by atoms with Gasteiger partial charge < -0.3 is 14.2 Å². The molecule has 0 bridgehead atoms. The van der Waals surface area contributed by atoms with Gasteiger partial charge in [0, 0.05) is 19.3 Å². The summed E-state index contributed by atoms with van der Waals surface area (Å²) in [4.78, 5) is 38.3. The molecule has 0 saturated heterocycles. The Kier molecular flexibility index (Phi) is 59.3. The molecule has 0 spiro atoms. The number of unbranched alkanes of at least 4 members (excludes halogenated alkanes) is 32. The monoisotopic (exact) mass is 1030 g/mol. The quantitative estimate of drug-likeness (QED) is 0.0261. The van der Waals surface area contributed by atoms with Crippen LogP contribution in [0.3, 0.4) is 0 Å². The van der Waals surface area contributed by atoms with Crippen LogP contribution in [0.15, 0.2) is 85.1 Å². The lowest BCUT2D eigenvalue weighted by atomic mass is 10.0. The first-order valence-electron chi connectivity index (χ1n) is 31.6. The van der Waals surface area contributed by atoms with Crippen LogP contribution in [0.4, 0.5) is 0 Å². The van der Waals surface area contributed by atoms with E-state index < -0.39 is 6.10 Å². The van der Waals surface area contributed by atoms with Crippen molar-refractivity contribution in [1.82, 2.24) is 0 Å². The first-order chi connectivity index (χ1) is 36.5. The Balaban J connectivity index is 4.34. The number of hydrogen-bond acceptors (Lipinski definition) is 6. The fourth-order valence-corrected chi connectivity index (χ4v) is 8.91. The second-order valence-corrected chi connectivity index (χ2v) is 20.9. The summed E-state index contributed by atoms with van der Waals surface area (Å²) in [6.45, 7) is 6.52. The maximum Gasteiger partial charge on any atom is 0.306 e. The minimum absolute atomic E-state index is 0.0818. The van der Waals surface area contributed by atoms with Gasteiger partial charge in [-0.15, -0.1) is 0 Å². The van der Waals surface area contributed by atoms with Crippen molar-refractivity contribution >= 4 is 17.9 Å². The number of carbonyl (C=O) groups excluding carboxylic acids is 3. The van der Waals surface area contributed by atoms with Crippen LogP contribution in [0, 0.1) is 0 Å². The van der Waals surface area contributed by atoms with E-state index in [0.717, 1.165) is 116 Å². The Labute approximate surface area is 458 Å². The summed E-state index contributed by atoms with van der Waals surface area (Å²) in [6, 6.07) is 0. The van der Waals surface area contributed by atoms with Gasteiger partial charge >= 0.3 is 17.9 Å². The van der Waals surface area contributed by atoms with Crippen LogP contribution in [-0.4, -0.2) is 37.2 Å². The van der Waals surface area contributed by atoms with Gasteiger partial charge in [0.25, 0.3) is 0 Å². The van der Waals surface area contributed by atoms with Gasteiger partial charge in [-0.25, -0.2) is 0 Å². The Morgan fingerprint density at radius 3 is 0.851 bits per heavy atom. The van der Waals surface area contributed by atoms with Crippen LogP contribution in [0.5, 0.6) is 0 Å². The second-order valence-electron chi connectivity index (χ2n) is 20.9. The van der Waals surface area contributed by atoms with Gasteiger partial charge in [0.05, 0.1) is 0 Å². The maximum atomic E-state index is 12.9. The van der Waals surface area contributed by atoms with Gasteiger partial charge in [-0.2, -0.15) is 0 Å². The predicted octanol–water partition coefficient (Wildman–Crippen LogP) is 21.5. The molecular formula is C68H118O6. The first kappa shape index (κ1) is 70.6. The van der Waals surface area contributed by atoms with Gasteiger partial charge in [-0.1, -0.05) is 279 Å². The van der Waals surface area contributed by atoms with Crippen molar-refractivity contribution in [3.8, 4) is 0 Å². The molecule has 0 aliphatic heterocycles. The Hall–Kier alpha value is -3.41. The summed E-state index contributed by atoms with van der Waals surface area (Å²) in [6.07, 6.45) is 81.5. The Morgan fingerprint density at radius 1 is 0.284 bits per heavy atom. The molecule has 6 nitrogen and oxygen atoms in total. The first-order valence-corrected chi connectivity index (χ1v) is 31.6. The molecule has 0 radical (unpaired) electrons. The summed E-state index contributed by atoms with van der Waals surface area (Å²) in [5.41, 5.74) is 0. The molecule has 0 heterocycles. The average Bonchev–Trinajstić information content (AvgIpc) is 3.40. The molecule has 6 heteroatoms. The third kappa shape index (κ3) is 59.5. The summed E-state index contributed by atoms with van der Waals surface area (Å²) in [7, 11) is 0. The maximum absolute atomic E-state index is 12.9. The highest BCUT2D eigenvalue weighted by molar-refractivity contribution is 5.71. The van der Waals surface area contributed by atoms with E-state index in [1.165, 1.54) is 154 Å². The SMILES string of the molecule is CC/C=C\C/C=C\C/C=C\C/C=C\C/C=C\CCCCCCCCCCCC(=O)OCC(COC(=O)CCCCCCC/C=C\C/C=C\CCCCC)OC(=O)CCCCCCCCCCCCCCCCCC. The number of allylic oxidation sites excluding steroid dienone is 14. The fourth-order valence-electron chi connectivity index (χ4n) is 8.91. The third-order valence-electron chi connectivity index (χ3n) is 13.6. The Bertz CT molecular complexity index is 1420. The standard InChI is InChI=1S/C68H118O6/c1-4-7-10-13-16-19-22-25-28-30-31-32-33-34-35-36-37-38-41-43-46-49-52-55-58-61-67(70)73-64-65(63-72-66(69)60-57-54-51-48-45-42-39-27-24-21-18-15-12-9-6-3)74-68(71)62-59-56-53-50-47-44-40-29-26-23-20-17-14-11-8-5-2/h7,10,16,18-19,21,25,27-28,31-32,34-35,39,65H,4-6,8-9,11-15,17,20,22-24,26,29-30,33,36-38,40-64H2,1-3H3/b10-7-,19-16-,21-18-,28-25-,32-31-,35-34-,39-27-. The van der Waals surface area contributed by atoms with Gasteiger partial charge in [0.1, 0.15) is 13.2 Å². The molecule has 0 rings (SSSR count). The number of ether oxygens (including phenoxy) is 3. The molecule has 0 aromatic carbocycles. The van der Waals surface area contributed by atoms with Gasteiger partial charge in [0.15, 0.2) is 6.10 Å². The molecule has 74 heavy (non-hydrogen) atoms. The van der Waals surface area contributed by atoms with E-state index in [-0.39, 0.29) is 31.1 Å². The van der Waals surface area contributed by atoms with E-state index in [2.05, 4.69) is 106 Å². The minimum atomic E-state index is -0.784. The van der Waals surface area contributed by atoms with E-state index in [9.17, 15) is 14.4 Å². The van der Waals surface area contributed by atoms with Crippen molar-refractivity contribution in [2.24, 2.45) is 0 Å². The lowest BCUT2D eigenvalue weighted by Gasteiger charge is -2.18. The molecule has 0 aromatic rings. The van der Waals surface area contributed by atoms with Crippen molar-refractivity contribution in [2.75, 3.05) is 13.2 Å². The van der Waals surface area contributed by atoms with Crippen molar-refractivity contribution in [3.63, 3.8) is 0 Å². The molecule has 0 aliphatic rings. The normalized spacial score (nSPS) is 12.6. The second kappa shape index (κ2) is 62.1. The fraction of sp³-hybridized carbons (Fsp3) is 0.750. The highest BCUT2D eigenvalue weighted by Gasteiger charge is 2.19. The molecule has 1 atom stereocenters. The molecule has 0 fully saturated rings. The van der Waals surface area contributed by atoms with E-state index in [4.69, 9.17) is 14.2 Å². The number of rotatable bonds is 57. The summed E-state index contributed by atoms with van der Waals surface area (Å²) in [5, 5.41) is 0. The lowest BCUT2D eigenvalue weighted by Crippen LogP contribution is -2.30. The van der Waals surface area contributed by atoms with Crippen LogP contribution >= 0.6 is 0 Å². The predicted molar refractivity (Wildman–Crippen MR) is 321 cm³/mol. The zero-order valence-electron chi connectivity index (χ0n) is 48.8. The largest absolute Gasteiger partial charge is 0.462 e.